The van der Waals surface area contributed by atoms with Crippen molar-refractivity contribution in [1.82, 2.24) is 5.32 Å². The van der Waals surface area contributed by atoms with Crippen LogP contribution in [0.15, 0.2) is 12.1 Å². The summed E-state index contributed by atoms with van der Waals surface area (Å²) in [4.78, 5) is 0. The zero-order valence-corrected chi connectivity index (χ0v) is 13.3. The van der Waals surface area contributed by atoms with E-state index in [0.29, 0.717) is 6.04 Å². The lowest BCUT2D eigenvalue weighted by Crippen LogP contribution is -2.22. The molecule has 0 radical (unpaired) electrons. The van der Waals surface area contributed by atoms with Crippen LogP contribution in [-0.2, 0) is 0 Å². The van der Waals surface area contributed by atoms with Crippen LogP contribution in [0.3, 0.4) is 0 Å². The fraction of sp³-hybridized carbons (Fsp3) is 0.647. The first-order valence-corrected chi connectivity index (χ1v) is 7.38. The summed E-state index contributed by atoms with van der Waals surface area (Å²) in [5.74, 6) is 1.74. The first-order valence-electron chi connectivity index (χ1n) is 7.38. The molecule has 1 aromatic rings. The van der Waals surface area contributed by atoms with Crippen LogP contribution in [0.5, 0.6) is 5.75 Å². The van der Waals surface area contributed by atoms with Crippen molar-refractivity contribution in [2.24, 2.45) is 5.92 Å². The Hall–Kier alpha value is -1.02. The smallest absolute Gasteiger partial charge is 0.122 e. The van der Waals surface area contributed by atoms with Crippen LogP contribution in [0.2, 0.25) is 0 Å². The Kier molecular flexibility index (Phi) is 6.36. The second kappa shape index (κ2) is 7.54. The van der Waals surface area contributed by atoms with Crippen LogP contribution in [0, 0.1) is 19.8 Å². The van der Waals surface area contributed by atoms with Gasteiger partial charge in [0.25, 0.3) is 0 Å². The summed E-state index contributed by atoms with van der Waals surface area (Å²) in [5.41, 5.74) is 3.95. The van der Waals surface area contributed by atoms with Crippen molar-refractivity contribution in [3.63, 3.8) is 0 Å². The normalized spacial score (nSPS) is 12.8. The Morgan fingerprint density at radius 1 is 1.11 bits per heavy atom. The standard InChI is InChI=1S/C17H29NO/c1-7-18-16(9-8-12(2)3)15-10-14(5)17(19-6)11-13(15)4/h10-12,16,18H,7-9H2,1-6H3. The van der Waals surface area contributed by atoms with Gasteiger partial charge in [-0.1, -0.05) is 26.8 Å². The number of rotatable bonds is 7. The van der Waals surface area contributed by atoms with Crippen molar-refractivity contribution >= 4 is 0 Å². The molecule has 0 aromatic heterocycles. The zero-order valence-electron chi connectivity index (χ0n) is 13.3. The fourth-order valence-electron chi connectivity index (χ4n) is 2.52. The van der Waals surface area contributed by atoms with Gasteiger partial charge < -0.3 is 10.1 Å². The lowest BCUT2D eigenvalue weighted by molar-refractivity contribution is 0.409. The van der Waals surface area contributed by atoms with Crippen LogP contribution < -0.4 is 10.1 Å². The van der Waals surface area contributed by atoms with Gasteiger partial charge in [0.05, 0.1) is 7.11 Å². The summed E-state index contributed by atoms with van der Waals surface area (Å²) in [5, 5.41) is 3.62. The van der Waals surface area contributed by atoms with E-state index in [2.05, 4.69) is 52.1 Å². The van der Waals surface area contributed by atoms with Gasteiger partial charge in [-0.15, -0.1) is 0 Å². The molecule has 0 bridgehead atoms. The van der Waals surface area contributed by atoms with E-state index in [0.717, 1.165) is 18.2 Å². The van der Waals surface area contributed by atoms with Gasteiger partial charge in [0.15, 0.2) is 0 Å². The largest absolute Gasteiger partial charge is 0.496 e. The predicted molar refractivity (Wildman–Crippen MR) is 83.0 cm³/mol. The number of hydrogen-bond donors (Lipinski definition) is 1. The second-order valence-electron chi connectivity index (χ2n) is 5.76. The molecular weight excluding hydrogens is 234 g/mol. The first-order chi connectivity index (χ1) is 8.99. The van der Waals surface area contributed by atoms with Crippen molar-refractivity contribution < 1.29 is 4.74 Å². The molecule has 0 saturated carbocycles. The molecule has 0 aliphatic heterocycles. The molecule has 0 fully saturated rings. The van der Waals surface area contributed by atoms with Crippen LogP contribution in [-0.4, -0.2) is 13.7 Å². The predicted octanol–water partition coefficient (Wildman–Crippen LogP) is 4.40. The Balaban J connectivity index is 2.98. The minimum atomic E-state index is 0.456. The maximum absolute atomic E-state index is 5.40. The van der Waals surface area contributed by atoms with Gasteiger partial charge >= 0.3 is 0 Å². The monoisotopic (exact) mass is 263 g/mol. The summed E-state index contributed by atoms with van der Waals surface area (Å²) in [6, 6.07) is 4.89. The average molecular weight is 263 g/mol. The minimum Gasteiger partial charge on any atom is -0.496 e. The molecule has 0 heterocycles. The lowest BCUT2D eigenvalue weighted by atomic mass is 9.93. The molecule has 0 aliphatic rings. The summed E-state index contributed by atoms with van der Waals surface area (Å²) >= 11 is 0. The summed E-state index contributed by atoms with van der Waals surface area (Å²) in [6.45, 7) is 12.1. The van der Waals surface area contributed by atoms with Gasteiger partial charge in [0, 0.05) is 6.04 Å². The molecule has 0 amide bonds. The molecular formula is C17H29NO. The van der Waals surface area contributed by atoms with Crippen molar-refractivity contribution in [3.05, 3.63) is 28.8 Å². The van der Waals surface area contributed by atoms with Gasteiger partial charge in [-0.25, -0.2) is 0 Å². The van der Waals surface area contributed by atoms with E-state index in [1.807, 2.05) is 0 Å². The first kappa shape index (κ1) is 16.0. The maximum atomic E-state index is 5.40. The number of hydrogen-bond acceptors (Lipinski definition) is 2. The van der Waals surface area contributed by atoms with E-state index < -0.39 is 0 Å². The molecule has 0 aliphatic carbocycles. The molecule has 19 heavy (non-hydrogen) atoms. The number of methoxy groups -OCH3 is 1. The molecule has 0 saturated heterocycles. The van der Waals surface area contributed by atoms with Crippen molar-refractivity contribution in [1.29, 1.82) is 0 Å². The summed E-state index contributed by atoms with van der Waals surface area (Å²) in [6.07, 6.45) is 2.44. The van der Waals surface area contributed by atoms with E-state index in [-0.39, 0.29) is 0 Å². The molecule has 0 spiro atoms. The summed E-state index contributed by atoms with van der Waals surface area (Å²) in [7, 11) is 1.74. The van der Waals surface area contributed by atoms with E-state index >= 15 is 0 Å². The molecule has 1 N–H and O–H groups in total. The zero-order chi connectivity index (χ0) is 14.4. The fourth-order valence-corrected chi connectivity index (χ4v) is 2.52. The quantitative estimate of drug-likeness (QED) is 0.787. The van der Waals surface area contributed by atoms with Gasteiger partial charge in [-0.2, -0.15) is 0 Å². The Morgan fingerprint density at radius 2 is 1.79 bits per heavy atom. The molecule has 1 unspecified atom stereocenters. The number of benzene rings is 1. The van der Waals surface area contributed by atoms with Crippen molar-refractivity contribution in [2.45, 2.75) is 53.5 Å². The topological polar surface area (TPSA) is 21.3 Å². The van der Waals surface area contributed by atoms with E-state index in [1.165, 1.54) is 29.5 Å². The average Bonchev–Trinajstić information content (AvgIpc) is 2.36. The molecule has 1 aromatic carbocycles. The Labute approximate surface area is 118 Å². The molecule has 2 nitrogen and oxygen atoms in total. The number of ether oxygens (including phenoxy) is 1. The molecule has 108 valence electrons. The van der Waals surface area contributed by atoms with E-state index in [1.54, 1.807) is 7.11 Å². The Bertz CT molecular complexity index is 398. The Morgan fingerprint density at radius 3 is 2.32 bits per heavy atom. The van der Waals surface area contributed by atoms with Crippen LogP contribution >= 0.6 is 0 Å². The highest BCUT2D eigenvalue weighted by Gasteiger charge is 2.15. The highest BCUT2D eigenvalue weighted by Crippen LogP contribution is 2.29. The maximum Gasteiger partial charge on any atom is 0.122 e. The third-order valence-electron chi connectivity index (χ3n) is 3.64. The number of aryl methyl sites for hydroxylation is 2. The molecule has 2 heteroatoms. The minimum absolute atomic E-state index is 0.456. The van der Waals surface area contributed by atoms with E-state index in [9.17, 15) is 0 Å². The SMILES string of the molecule is CCNC(CCC(C)C)c1cc(C)c(OC)cc1C. The third kappa shape index (κ3) is 4.54. The number of nitrogens with one attached hydrogen (secondary N) is 1. The van der Waals surface area contributed by atoms with Crippen LogP contribution in [0.4, 0.5) is 0 Å². The highest BCUT2D eigenvalue weighted by molar-refractivity contribution is 5.42. The van der Waals surface area contributed by atoms with Crippen molar-refractivity contribution in [3.8, 4) is 5.75 Å². The lowest BCUT2D eigenvalue weighted by Gasteiger charge is -2.22. The van der Waals surface area contributed by atoms with Gasteiger partial charge in [0.2, 0.25) is 0 Å². The van der Waals surface area contributed by atoms with Crippen LogP contribution in [0.25, 0.3) is 0 Å². The van der Waals surface area contributed by atoms with E-state index in [4.69, 9.17) is 4.74 Å². The molecule has 1 atom stereocenters. The molecule has 1 rings (SSSR count). The van der Waals surface area contributed by atoms with Crippen LogP contribution in [0.1, 0.15) is 56.3 Å². The second-order valence-corrected chi connectivity index (χ2v) is 5.76. The van der Waals surface area contributed by atoms with Gasteiger partial charge in [0.1, 0.15) is 5.75 Å². The van der Waals surface area contributed by atoms with Gasteiger partial charge in [-0.05, 0) is 61.9 Å². The van der Waals surface area contributed by atoms with Gasteiger partial charge in [-0.3, -0.25) is 0 Å². The third-order valence-corrected chi connectivity index (χ3v) is 3.64. The highest BCUT2D eigenvalue weighted by atomic mass is 16.5. The summed E-state index contributed by atoms with van der Waals surface area (Å²) < 4.78 is 5.40. The van der Waals surface area contributed by atoms with Crippen molar-refractivity contribution in [2.75, 3.05) is 13.7 Å².